The Morgan fingerprint density at radius 3 is 2.45 bits per heavy atom. The predicted molar refractivity (Wildman–Crippen MR) is 121 cm³/mol. The van der Waals surface area contributed by atoms with Crippen molar-refractivity contribution in [2.45, 2.75) is 23.0 Å². The first kappa shape index (κ1) is 23.0. The minimum absolute atomic E-state index is 0.0251. The average Bonchev–Trinajstić information content (AvgIpc) is 3.13. The quantitative estimate of drug-likeness (QED) is 0.480. The normalized spacial score (nSPS) is 16.7. The van der Waals surface area contributed by atoms with Crippen molar-refractivity contribution in [3.05, 3.63) is 77.7 Å². The van der Waals surface area contributed by atoms with Crippen LogP contribution in [0.1, 0.15) is 23.1 Å². The highest BCUT2D eigenvalue weighted by Gasteiger charge is 2.42. The molecule has 9 nitrogen and oxygen atoms in total. The summed E-state index contributed by atoms with van der Waals surface area (Å²) >= 11 is 0. The zero-order valence-corrected chi connectivity index (χ0v) is 19.2. The molecule has 3 N–H and O–H groups in total. The molecular weight excluding hydrogens is 444 g/mol. The maximum absolute atomic E-state index is 12.2. The SMILES string of the molecule is CN1CC(Cc2ccccc2)(c2cccc(OC(C(N)=O)c3nc(S(=O)(=O)O)cn3C)c2)C1. The van der Waals surface area contributed by atoms with Crippen LogP contribution in [0.4, 0.5) is 0 Å². The number of benzene rings is 2. The first-order valence-corrected chi connectivity index (χ1v) is 11.8. The van der Waals surface area contributed by atoms with Gasteiger partial charge in [-0.05, 0) is 36.7 Å². The summed E-state index contributed by atoms with van der Waals surface area (Å²) in [6, 6.07) is 17.8. The molecule has 1 unspecified atom stereocenters. The molecule has 1 saturated heterocycles. The summed E-state index contributed by atoms with van der Waals surface area (Å²) in [4.78, 5) is 18.3. The van der Waals surface area contributed by atoms with Gasteiger partial charge in [-0.3, -0.25) is 9.35 Å². The van der Waals surface area contributed by atoms with Crippen LogP contribution in [0.15, 0.2) is 65.8 Å². The number of likely N-dealkylation sites (N-methyl/N-ethyl adjacent to an activating group) is 1. The lowest BCUT2D eigenvalue weighted by Crippen LogP contribution is -2.58. The third-order valence-corrected chi connectivity index (χ3v) is 6.60. The maximum atomic E-state index is 12.2. The van der Waals surface area contributed by atoms with E-state index in [0.717, 1.165) is 31.3 Å². The number of rotatable bonds is 8. The highest BCUT2D eigenvalue weighted by atomic mass is 32.2. The van der Waals surface area contributed by atoms with E-state index in [2.05, 4.69) is 29.1 Å². The Kier molecular flexibility index (Phi) is 6.00. The Hall–Kier alpha value is -3.21. The van der Waals surface area contributed by atoms with E-state index in [9.17, 15) is 17.8 Å². The fourth-order valence-electron chi connectivity index (χ4n) is 4.46. The number of primary amides is 1. The minimum Gasteiger partial charge on any atom is -0.473 e. The van der Waals surface area contributed by atoms with E-state index < -0.39 is 27.2 Å². The Morgan fingerprint density at radius 2 is 1.88 bits per heavy atom. The van der Waals surface area contributed by atoms with E-state index in [1.54, 1.807) is 6.07 Å². The summed E-state index contributed by atoms with van der Waals surface area (Å²) < 4.78 is 39.3. The molecule has 3 aromatic rings. The second-order valence-electron chi connectivity index (χ2n) is 8.57. The van der Waals surface area contributed by atoms with Gasteiger partial charge in [-0.2, -0.15) is 8.42 Å². The smallest absolute Gasteiger partial charge is 0.313 e. The van der Waals surface area contributed by atoms with Crippen molar-refractivity contribution >= 4 is 16.0 Å². The molecule has 4 rings (SSSR count). The highest BCUT2D eigenvalue weighted by molar-refractivity contribution is 7.85. The van der Waals surface area contributed by atoms with Gasteiger partial charge in [0.1, 0.15) is 5.75 Å². The van der Waals surface area contributed by atoms with E-state index in [1.807, 2.05) is 36.4 Å². The number of hydrogen-bond acceptors (Lipinski definition) is 6. The lowest BCUT2D eigenvalue weighted by atomic mass is 9.70. The van der Waals surface area contributed by atoms with Crippen molar-refractivity contribution < 1.29 is 22.5 Å². The average molecular weight is 471 g/mol. The van der Waals surface area contributed by atoms with Gasteiger partial charge < -0.3 is 19.9 Å². The fraction of sp³-hybridized carbons (Fsp3) is 0.304. The molecule has 0 spiro atoms. The van der Waals surface area contributed by atoms with E-state index in [-0.39, 0.29) is 11.2 Å². The molecule has 0 aliphatic carbocycles. The maximum Gasteiger partial charge on any atom is 0.313 e. The van der Waals surface area contributed by atoms with Crippen LogP contribution in [0.2, 0.25) is 0 Å². The predicted octanol–water partition coefficient (Wildman–Crippen LogP) is 1.70. The second-order valence-corrected chi connectivity index (χ2v) is 9.93. The highest BCUT2D eigenvalue weighted by Crippen LogP contribution is 2.38. The second kappa shape index (κ2) is 8.62. The first-order valence-electron chi connectivity index (χ1n) is 10.4. The van der Waals surface area contributed by atoms with E-state index in [0.29, 0.717) is 5.75 Å². The molecule has 1 aromatic heterocycles. The number of carbonyl (C=O) groups is 1. The summed E-state index contributed by atoms with van der Waals surface area (Å²) in [5, 5.41) is -0.581. The molecule has 174 valence electrons. The minimum atomic E-state index is -4.54. The van der Waals surface area contributed by atoms with Crippen molar-refractivity contribution in [3.63, 3.8) is 0 Å². The van der Waals surface area contributed by atoms with Crippen LogP contribution in [0.5, 0.6) is 5.75 Å². The fourth-order valence-corrected chi connectivity index (χ4v) is 4.96. The number of nitrogens with two attached hydrogens (primary N) is 1. The van der Waals surface area contributed by atoms with Gasteiger partial charge >= 0.3 is 10.1 Å². The zero-order chi connectivity index (χ0) is 23.8. The van der Waals surface area contributed by atoms with E-state index in [4.69, 9.17) is 10.5 Å². The van der Waals surface area contributed by atoms with Gasteiger partial charge in [0.25, 0.3) is 5.91 Å². The third kappa shape index (κ3) is 4.77. The van der Waals surface area contributed by atoms with Gasteiger partial charge in [0.15, 0.2) is 5.82 Å². The monoisotopic (exact) mass is 470 g/mol. The molecule has 33 heavy (non-hydrogen) atoms. The Bertz CT molecular complexity index is 1270. The first-order chi connectivity index (χ1) is 15.6. The number of aryl methyl sites for hydroxylation is 1. The van der Waals surface area contributed by atoms with E-state index >= 15 is 0 Å². The molecule has 10 heteroatoms. The molecule has 2 aromatic carbocycles. The van der Waals surface area contributed by atoms with Crippen LogP contribution in [0, 0.1) is 0 Å². The van der Waals surface area contributed by atoms with Crippen LogP contribution in [0.3, 0.4) is 0 Å². The molecule has 1 fully saturated rings. The van der Waals surface area contributed by atoms with Crippen molar-refractivity contribution in [2.75, 3.05) is 20.1 Å². The van der Waals surface area contributed by atoms with Gasteiger partial charge in [-0.25, -0.2) is 4.98 Å². The molecule has 0 saturated carbocycles. The number of imidazole rings is 1. The summed E-state index contributed by atoms with van der Waals surface area (Å²) in [7, 11) is -0.976. The molecule has 0 bridgehead atoms. The number of amides is 1. The summed E-state index contributed by atoms with van der Waals surface area (Å²) in [5.41, 5.74) is 7.76. The number of ether oxygens (including phenoxy) is 1. The zero-order valence-electron chi connectivity index (χ0n) is 18.4. The van der Waals surface area contributed by atoms with Crippen LogP contribution >= 0.6 is 0 Å². The molecule has 1 atom stereocenters. The largest absolute Gasteiger partial charge is 0.473 e. The lowest BCUT2D eigenvalue weighted by molar-refractivity contribution is -0.125. The van der Waals surface area contributed by atoms with Crippen LogP contribution in [-0.2, 0) is 33.8 Å². The van der Waals surface area contributed by atoms with Crippen molar-refractivity contribution in [3.8, 4) is 5.75 Å². The number of nitrogens with zero attached hydrogens (tertiary/aromatic N) is 3. The summed E-state index contributed by atoms with van der Waals surface area (Å²) in [6.45, 7) is 1.75. The van der Waals surface area contributed by atoms with Crippen LogP contribution in [-0.4, -0.2) is 53.5 Å². The van der Waals surface area contributed by atoms with Gasteiger partial charge in [-0.15, -0.1) is 0 Å². The molecule has 1 aliphatic heterocycles. The van der Waals surface area contributed by atoms with Gasteiger partial charge in [-0.1, -0.05) is 42.5 Å². The third-order valence-electron chi connectivity index (χ3n) is 5.88. The Labute approximate surface area is 192 Å². The van der Waals surface area contributed by atoms with Gasteiger partial charge in [0.2, 0.25) is 11.1 Å². The molecule has 1 aliphatic rings. The number of aromatic nitrogens is 2. The number of carbonyl (C=O) groups excluding carboxylic acids is 1. The molecule has 1 amide bonds. The Balaban J connectivity index is 1.64. The summed E-state index contributed by atoms with van der Waals surface area (Å²) in [5.74, 6) is -0.448. The molecule has 2 heterocycles. The topological polar surface area (TPSA) is 128 Å². The lowest BCUT2D eigenvalue weighted by Gasteiger charge is -2.49. The standard InChI is InChI=1S/C23H26N4O5S/c1-26-14-23(15-26,12-16-7-4-3-5-8-16)17-9-6-10-18(11-17)32-20(21(24)28)22-25-19(13-27(22)2)33(29,30)31/h3-11,13,20H,12,14-15H2,1-2H3,(H2,24,28)(H,29,30,31). The Morgan fingerprint density at radius 1 is 1.18 bits per heavy atom. The van der Waals surface area contributed by atoms with Crippen molar-refractivity contribution in [1.29, 1.82) is 0 Å². The van der Waals surface area contributed by atoms with Crippen molar-refractivity contribution in [1.82, 2.24) is 14.5 Å². The van der Waals surface area contributed by atoms with Crippen LogP contribution < -0.4 is 10.5 Å². The number of likely N-dealkylation sites (tertiary alicyclic amines) is 1. The summed E-state index contributed by atoms with van der Waals surface area (Å²) in [6.07, 6.45) is 0.618. The molecule has 0 radical (unpaired) electrons. The molecular formula is C23H26N4O5S. The van der Waals surface area contributed by atoms with Gasteiger partial charge in [0, 0.05) is 31.7 Å². The van der Waals surface area contributed by atoms with Crippen molar-refractivity contribution in [2.24, 2.45) is 12.8 Å². The van der Waals surface area contributed by atoms with Gasteiger partial charge in [0.05, 0.1) is 0 Å². The number of hydrogen-bond donors (Lipinski definition) is 2. The van der Waals surface area contributed by atoms with Crippen LogP contribution in [0.25, 0.3) is 0 Å². The van der Waals surface area contributed by atoms with E-state index in [1.165, 1.54) is 17.2 Å².